The smallest absolute Gasteiger partial charge is 0.255 e. The largest absolute Gasteiger partial charge is 0.355 e. The number of amides is 1. The summed E-state index contributed by atoms with van der Waals surface area (Å²) in [6, 6.07) is 0. The number of fused-ring (bicyclic) bond motifs is 1. The summed E-state index contributed by atoms with van der Waals surface area (Å²) < 4.78 is 24.1. The Kier molecular flexibility index (Phi) is 3.73. The molecule has 0 aromatic carbocycles. The SMILES string of the molecule is Cc1nc2c(c(N3CC(C(=O)NCC(F)F)C3)n1)CCC2. The van der Waals surface area contributed by atoms with Gasteiger partial charge in [-0.15, -0.1) is 0 Å². The summed E-state index contributed by atoms with van der Waals surface area (Å²) in [6.07, 6.45) is 0.548. The van der Waals surface area contributed by atoms with Gasteiger partial charge in [-0.05, 0) is 26.2 Å². The Morgan fingerprint density at radius 3 is 2.86 bits per heavy atom. The maximum absolute atomic E-state index is 12.1. The topological polar surface area (TPSA) is 58.1 Å². The number of halogens is 2. The molecule has 1 aromatic heterocycles. The zero-order chi connectivity index (χ0) is 15.0. The lowest BCUT2D eigenvalue weighted by molar-refractivity contribution is -0.126. The van der Waals surface area contributed by atoms with Crippen LogP contribution in [0.2, 0.25) is 0 Å². The molecule has 2 aliphatic rings. The molecular weight excluding hydrogens is 278 g/mol. The van der Waals surface area contributed by atoms with Crippen LogP contribution in [-0.4, -0.2) is 41.9 Å². The van der Waals surface area contributed by atoms with Crippen molar-refractivity contribution in [2.75, 3.05) is 24.5 Å². The van der Waals surface area contributed by atoms with Gasteiger partial charge in [0.25, 0.3) is 6.43 Å². The van der Waals surface area contributed by atoms with Crippen molar-refractivity contribution in [1.82, 2.24) is 15.3 Å². The predicted molar refractivity (Wildman–Crippen MR) is 73.5 cm³/mol. The Morgan fingerprint density at radius 1 is 1.38 bits per heavy atom. The van der Waals surface area contributed by atoms with Gasteiger partial charge >= 0.3 is 0 Å². The van der Waals surface area contributed by atoms with Crippen LogP contribution in [0, 0.1) is 12.8 Å². The standard InChI is InChI=1S/C14H18F2N4O/c1-8-18-11-4-2-3-10(11)13(19-8)20-6-9(7-20)14(21)17-5-12(15)16/h9,12H,2-7H2,1H3,(H,17,21). The third-order valence-electron chi connectivity index (χ3n) is 4.01. The van der Waals surface area contributed by atoms with E-state index < -0.39 is 13.0 Å². The van der Waals surface area contributed by atoms with E-state index in [4.69, 9.17) is 0 Å². The van der Waals surface area contributed by atoms with Crippen LogP contribution in [0.4, 0.5) is 14.6 Å². The van der Waals surface area contributed by atoms with Gasteiger partial charge in [0.2, 0.25) is 5.91 Å². The minimum atomic E-state index is -2.50. The molecule has 1 amide bonds. The summed E-state index contributed by atoms with van der Waals surface area (Å²) in [6.45, 7) is 2.38. The molecule has 1 saturated heterocycles. The number of nitrogens with zero attached hydrogens (tertiary/aromatic N) is 3. The second-order valence-corrected chi connectivity index (χ2v) is 5.61. The molecule has 1 fully saturated rings. The van der Waals surface area contributed by atoms with Crippen molar-refractivity contribution in [2.24, 2.45) is 5.92 Å². The van der Waals surface area contributed by atoms with Crippen molar-refractivity contribution < 1.29 is 13.6 Å². The highest BCUT2D eigenvalue weighted by Gasteiger charge is 2.36. The molecule has 0 saturated carbocycles. The minimum Gasteiger partial charge on any atom is -0.355 e. The Labute approximate surface area is 121 Å². The Bertz CT molecular complexity index is 558. The van der Waals surface area contributed by atoms with Crippen LogP contribution < -0.4 is 10.2 Å². The summed E-state index contributed by atoms with van der Waals surface area (Å²) in [4.78, 5) is 22.7. The average molecular weight is 296 g/mol. The fourth-order valence-electron chi connectivity index (χ4n) is 2.93. The van der Waals surface area contributed by atoms with Crippen LogP contribution in [-0.2, 0) is 17.6 Å². The molecule has 0 spiro atoms. The van der Waals surface area contributed by atoms with E-state index in [2.05, 4.69) is 15.3 Å². The van der Waals surface area contributed by atoms with Crippen molar-refractivity contribution in [3.8, 4) is 0 Å². The van der Waals surface area contributed by atoms with Crippen molar-refractivity contribution in [3.63, 3.8) is 0 Å². The minimum absolute atomic E-state index is 0.226. The van der Waals surface area contributed by atoms with E-state index >= 15 is 0 Å². The van der Waals surface area contributed by atoms with Gasteiger partial charge in [-0.25, -0.2) is 18.7 Å². The first-order valence-corrected chi connectivity index (χ1v) is 7.22. The molecule has 5 nitrogen and oxygen atoms in total. The van der Waals surface area contributed by atoms with Crippen molar-refractivity contribution in [2.45, 2.75) is 32.6 Å². The van der Waals surface area contributed by atoms with Gasteiger partial charge in [-0.3, -0.25) is 4.79 Å². The van der Waals surface area contributed by atoms with E-state index in [0.717, 1.165) is 36.6 Å². The molecule has 1 N–H and O–H groups in total. The van der Waals surface area contributed by atoms with Crippen LogP contribution in [0.15, 0.2) is 0 Å². The van der Waals surface area contributed by atoms with Gasteiger partial charge in [0.1, 0.15) is 11.6 Å². The summed E-state index contributed by atoms with van der Waals surface area (Å²) in [7, 11) is 0. The highest BCUT2D eigenvalue weighted by atomic mass is 19.3. The molecule has 114 valence electrons. The summed E-state index contributed by atoms with van der Waals surface area (Å²) in [5, 5.41) is 2.27. The van der Waals surface area contributed by atoms with E-state index in [1.54, 1.807) is 0 Å². The molecule has 2 heterocycles. The molecule has 1 aliphatic carbocycles. The number of rotatable bonds is 4. The first kappa shape index (κ1) is 14.2. The Hall–Kier alpha value is -1.79. The number of nitrogens with one attached hydrogen (secondary N) is 1. The van der Waals surface area contributed by atoms with Gasteiger partial charge in [-0.2, -0.15) is 0 Å². The van der Waals surface area contributed by atoms with Crippen LogP contribution >= 0.6 is 0 Å². The fraction of sp³-hybridized carbons (Fsp3) is 0.643. The first-order chi connectivity index (χ1) is 10.0. The maximum atomic E-state index is 12.1. The van der Waals surface area contributed by atoms with Crippen LogP contribution in [0.25, 0.3) is 0 Å². The fourth-order valence-corrected chi connectivity index (χ4v) is 2.93. The molecule has 0 unspecified atom stereocenters. The van der Waals surface area contributed by atoms with Gasteiger partial charge in [0, 0.05) is 24.3 Å². The molecule has 7 heteroatoms. The van der Waals surface area contributed by atoms with Crippen molar-refractivity contribution in [3.05, 3.63) is 17.1 Å². The molecule has 0 atom stereocenters. The number of hydrogen-bond donors (Lipinski definition) is 1. The third-order valence-corrected chi connectivity index (χ3v) is 4.01. The predicted octanol–water partition coefficient (Wildman–Crippen LogP) is 1.09. The number of hydrogen-bond acceptors (Lipinski definition) is 4. The number of aryl methyl sites for hydroxylation is 2. The highest BCUT2D eigenvalue weighted by molar-refractivity contribution is 5.82. The molecular formula is C14H18F2N4O. The van der Waals surface area contributed by atoms with Gasteiger partial charge in [0.05, 0.1) is 12.5 Å². The summed E-state index contributed by atoms with van der Waals surface area (Å²) >= 11 is 0. The second-order valence-electron chi connectivity index (χ2n) is 5.61. The van der Waals surface area contributed by atoms with Gasteiger partial charge in [-0.1, -0.05) is 0 Å². The normalized spacial score (nSPS) is 17.8. The molecule has 0 radical (unpaired) electrons. The number of aromatic nitrogens is 2. The molecule has 21 heavy (non-hydrogen) atoms. The van der Waals surface area contributed by atoms with E-state index in [0.29, 0.717) is 13.1 Å². The maximum Gasteiger partial charge on any atom is 0.255 e. The summed E-state index contributed by atoms with van der Waals surface area (Å²) in [5.74, 6) is 1.15. The third kappa shape index (κ3) is 2.82. The zero-order valence-electron chi connectivity index (χ0n) is 11.9. The van der Waals surface area contributed by atoms with Gasteiger partial charge < -0.3 is 10.2 Å². The molecule has 3 rings (SSSR count). The first-order valence-electron chi connectivity index (χ1n) is 7.22. The van der Waals surface area contributed by atoms with Crippen molar-refractivity contribution >= 4 is 11.7 Å². The Morgan fingerprint density at radius 2 is 2.14 bits per heavy atom. The lowest BCUT2D eigenvalue weighted by atomic mass is 9.98. The number of anilines is 1. The molecule has 0 bridgehead atoms. The molecule has 1 aromatic rings. The number of alkyl halides is 2. The number of carbonyl (C=O) groups is 1. The van der Waals surface area contributed by atoms with Gasteiger partial charge in [0.15, 0.2) is 0 Å². The van der Waals surface area contributed by atoms with E-state index in [1.807, 2.05) is 11.8 Å². The summed E-state index contributed by atoms with van der Waals surface area (Å²) in [5.41, 5.74) is 2.30. The van der Waals surface area contributed by atoms with E-state index in [1.165, 1.54) is 5.56 Å². The van der Waals surface area contributed by atoms with E-state index in [-0.39, 0.29) is 11.8 Å². The zero-order valence-corrected chi connectivity index (χ0v) is 11.9. The number of carbonyl (C=O) groups excluding carboxylic acids is 1. The lowest BCUT2D eigenvalue weighted by Crippen LogP contribution is -2.54. The van der Waals surface area contributed by atoms with Crippen LogP contribution in [0.1, 0.15) is 23.5 Å². The Balaban J connectivity index is 1.63. The average Bonchev–Trinajstić information content (AvgIpc) is 2.82. The van der Waals surface area contributed by atoms with Crippen LogP contribution in [0.5, 0.6) is 0 Å². The van der Waals surface area contributed by atoms with Crippen molar-refractivity contribution in [1.29, 1.82) is 0 Å². The second kappa shape index (κ2) is 5.54. The lowest BCUT2D eigenvalue weighted by Gasteiger charge is -2.40. The van der Waals surface area contributed by atoms with E-state index in [9.17, 15) is 13.6 Å². The quantitative estimate of drug-likeness (QED) is 0.903. The van der Waals surface area contributed by atoms with Crippen LogP contribution in [0.3, 0.4) is 0 Å². The highest BCUT2D eigenvalue weighted by Crippen LogP contribution is 2.32. The molecule has 1 aliphatic heterocycles. The monoisotopic (exact) mass is 296 g/mol.